The van der Waals surface area contributed by atoms with Gasteiger partial charge in [0.2, 0.25) is 0 Å². The number of quaternary nitrogens is 2. The summed E-state index contributed by atoms with van der Waals surface area (Å²) in [5.41, 5.74) is 2.27. The molecule has 0 rings (SSSR count). The second kappa shape index (κ2) is 2.86. The molecule has 0 fully saturated rings. The normalized spacial score (nSPS) is 18.9. The van der Waals surface area contributed by atoms with Crippen molar-refractivity contribution in [2.24, 2.45) is 5.84 Å². The van der Waals surface area contributed by atoms with Gasteiger partial charge in [0.05, 0.1) is 0 Å². The molecular formula is CH9N5O. The maximum absolute atomic E-state index is 9.87. The van der Waals surface area contributed by atoms with Gasteiger partial charge in [-0.1, -0.05) is 0 Å². The molecule has 6 heteroatoms. The maximum Gasteiger partial charge on any atom is 0.0378 e. The topological polar surface area (TPSA) is 93.8 Å². The summed E-state index contributed by atoms with van der Waals surface area (Å²) in [4.78, 5) is 0. The monoisotopic (exact) mass is 107 g/mol. The number of hydrogen-bond donors (Lipinski definition) is 4. The Hall–Kier alpha value is -0.240. The third kappa shape index (κ3) is 2.45. The van der Waals surface area contributed by atoms with E-state index >= 15 is 0 Å². The standard InChI is InChI=1S/CH9N5O/c1-4-5(2)6(3)7/h2,4-6H,3H2,1H3. The molecule has 0 aromatic heterocycles. The van der Waals surface area contributed by atoms with E-state index < -0.39 is 5.28 Å². The number of nitrogens with two attached hydrogens (primary N) is 1. The van der Waals surface area contributed by atoms with Crippen LogP contribution in [0, 0.1) is 5.21 Å². The molecule has 0 saturated carbocycles. The van der Waals surface area contributed by atoms with Crippen molar-refractivity contribution in [2.45, 2.75) is 0 Å². The molecule has 0 saturated heterocycles. The molecule has 0 aliphatic heterocycles. The van der Waals surface area contributed by atoms with Crippen LogP contribution in [0.3, 0.4) is 0 Å². The lowest BCUT2D eigenvalue weighted by Crippen LogP contribution is -3.60. The van der Waals surface area contributed by atoms with E-state index in [0.29, 0.717) is 0 Å². The van der Waals surface area contributed by atoms with Gasteiger partial charge in [-0.2, -0.15) is 5.23 Å². The Labute approximate surface area is 41.1 Å². The average Bonchev–Trinajstić information content (AvgIpc) is 1.65. The molecule has 0 bridgehead atoms. The summed E-state index contributed by atoms with van der Waals surface area (Å²) in [7, 11) is 1.47. The molecule has 44 valence electrons. The Balaban J connectivity index is 3.14. The Morgan fingerprint density at radius 3 is 2.29 bits per heavy atom. The van der Waals surface area contributed by atoms with Gasteiger partial charge >= 0.3 is 0 Å². The van der Waals surface area contributed by atoms with Crippen LogP contribution >= 0.6 is 0 Å². The fraction of sp³-hybridized carbons (Fsp3) is 1.00. The molecular weight excluding hydrogens is 98.0 g/mol. The summed E-state index contributed by atoms with van der Waals surface area (Å²) in [6, 6.07) is 0. The van der Waals surface area contributed by atoms with Crippen molar-refractivity contribution in [3.63, 3.8) is 0 Å². The number of nitrogens with one attached hydrogen (secondary N) is 4. The second-order valence-corrected chi connectivity index (χ2v) is 0.989. The lowest BCUT2D eigenvalue weighted by molar-refractivity contribution is -1.49. The Morgan fingerprint density at radius 1 is 1.86 bits per heavy atom. The minimum absolute atomic E-state index is 0.264. The lowest BCUT2D eigenvalue weighted by atomic mass is 11.5. The van der Waals surface area contributed by atoms with Gasteiger partial charge in [0.15, 0.2) is 0 Å². The van der Waals surface area contributed by atoms with Gasteiger partial charge in [-0.15, -0.1) is 16.5 Å². The predicted octanol–water partition coefficient (Wildman–Crippen LogP) is -3.86. The van der Waals surface area contributed by atoms with E-state index in [1.54, 1.807) is 0 Å². The van der Waals surface area contributed by atoms with Crippen molar-refractivity contribution >= 4 is 0 Å². The summed E-state index contributed by atoms with van der Waals surface area (Å²) in [6.45, 7) is 0. The summed E-state index contributed by atoms with van der Waals surface area (Å²) >= 11 is 0. The van der Waals surface area contributed by atoms with E-state index in [1.165, 1.54) is 7.05 Å². The molecule has 6 nitrogen and oxygen atoms in total. The fourth-order valence-electron chi connectivity index (χ4n) is 0.123. The van der Waals surface area contributed by atoms with Crippen molar-refractivity contribution in [3.8, 4) is 0 Å². The first kappa shape index (κ1) is 6.76. The molecule has 0 amide bonds. The molecule has 0 aromatic rings. The zero-order valence-corrected chi connectivity index (χ0v) is 3.99. The zero-order valence-electron chi connectivity index (χ0n) is 3.99. The van der Waals surface area contributed by atoms with Crippen molar-refractivity contribution in [1.82, 2.24) is 5.43 Å². The van der Waals surface area contributed by atoms with Crippen LogP contribution < -0.4 is 21.8 Å². The highest BCUT2D eigenvalue weighted by atomic mass is 16.6. The predicted molar refractivity (Wildman–Crippen MR) is 22.9 cm³/mol. The summed E-state index contributed by atoms with van der Waals surface area (Å²) in [5, 5.41) is 8.87. The lowest BCUT2D eigenvalue weighted by Gasteiger charge is -2.25. The molecule has 7 heavy (non-hydrogen) atoms. The summed E-state index contributed by atoms with van der Waals surface area (Å²) in [6.07, 6.45) is 0. The van der Waals surface area contributed by atoms with Gasteiger partial charge in [0.1, 0.15) is 0 Å². The second-order valence-electron chi connectivity index (χ2n) is 0.989. The van der Waals surface area contributed by atoms with Gasteiger partial charge < -0.3 is 11.0 Å². The average molecular weight is 107 g/mol. The van der Waals surface area contributed by atoms with Crippen molar-refractivity contribution in [3.05, 3.63) is 11.0 Å². The maximum atomic E-state index is 9.87. The van der Waals surface area contributed by atoms with Crippen LogP contribution in [0.1, 0.15) is 0 Å². The van der Waals surface area contributed by atoms with Crippen molar-refractivity contribution in [2.75, 3.05) is 7.05 Å². The number of rotatable bonds is 2. The molecule has 0 radical (unpaired) electrons. The molecule has 0 heterocycles. The SMILES string of the molecule is CN[NH+]([NH-])[NH+](N)[O-]. The Bertz CT molecular complexity index is 45.3. The molecule has 0 aromatic carbocycles. The molecule has 6 N–H and O–H groups in total. The first-order chi connectivity index (χ1) is 3.18. The highest BCUT2D eigenvalue weighted by molar-refractivity contribution is 3.89. The summed E-state index contributed by atoms with van der Waals surface area (Å²) in [5.74, 6) is 11.2. The zero-order chi connectivity index (χ0) is 5.86. The minimum atomic E-state index is -0.734. The molecule has 0 aliphatic rings. The molecule has 2 unspecified atom stereocenters. The highest BCUT2D eigenvalue weighted by Gasteiger charge is 1.88. The van der Waals surface area contributed by atoms with E-state index in [1.807, 2.05) is 0 Å². The van der Waals surface area contributed by atoms with Gasteiger partial charge in [0, 0.05) is 7.05 Å². The van der Waals surface area contributed by atoms with Crippen LogP contribution in [-0.2, 0) is 0 Å². The van der Waals surface area contributed by atoms with Crippen LogP contribution in [0.25, 0.3) is 5.84 Å². The smallest absolute Gasteiger partial charge is 0.0378 e. The van der Waals surface area contributed by atoms with Crippen LogP contribution in [0.2, 0.25) is 0 Å². The van der Waals surface area contributed by atoms with Crippen LogP contribution in [0.4, 0.5) is 0 Å². The van der Waals surface area contributed by atoms with Gasteiger partial charge in [-0.05, 0) is 0 Å². The van der Waals surface area contributed by atoms with E-state index in [9.17, 15) is 5.21 Å². The van der Waals surface area contributed by atoms with Crippen LogP contribution in [-0.4, -0.2) is 7.05 Å². The van der Waals surface area contributed by atoms with Crippen molar-refractivity contribution in [1.29, 1.82) is 0 Å². The summed E-state index contributed by atoms with van der Waals surface area (Å²) < 4.78 is 0. The van der Waals surface area contributed by atoms with Crippen LogP contribution in [0.15, 0.2) is 0 Å². The first-order valence-corrected chi connectivity index (χ1v) is 1.74. The van der Waals surface area contributed by atoms with Crippen LogP contribution in [0.5, 0.6) is 0 Å². The van der Waals surface area contributed by atoms with Gasteiger partial charge in [-0.25, -0.2) is 0 Å². The molecule has 0 spiro atoms. The van der Waals surface area contributed by atoms with E-state index in [2.05, 4.69) is 11.3 Å². The molecule has 2 atom stereocenters. The third-order valence-corrected chi connectivity index (χ3v) is 0.496. The first-order valence-electron chi connectivity index (χ1n) is 1.74. The Kier molecular flexibility index (Phi) is 2.76. The molecule has 0 aliphatic carbocycles. The Morgan fingerprint density at radius 2 is 2.29 bits per heavy atom. The van der Waals surface area contributed by atoms with Gasteiger partial charge in [-0.3, -0.25) is 0 Å². The van der Waals surface area contributed by atoms with E-state index in [4.69, 9.17) is 5.84 Å². The van der Waals surface area contributed by atoms with E-state index in [0.717, 1.165) is 0 Å². The quantitative estimate of drug-likeness (QED) is 0.215. The van der Waals surface area contributed by atoms with Crippen molar-refractivity contribution < 1.29 is 10.5 Å². The highest BCUT2D eigenvalue weighted by Crippen LogP contribution is 1.05. The fourth-order valence-corrected chi connectivity index (χ4v) is 0.123. The number of hydrogen-bond acceptors (Lipinski definition) is 3. The largest absolute Gasteiger partial charge is 0.562 e. The third-order valence-electron chi connectivity index (χ3n) is 0.496. The van der Waals surface area contributed by atoms with E-state index in [-0.39, 0.29) is 5.23 Å². The van der Waals surface area contributed by atoms with Gasteiger partial charge in [0.25, 0.3) is 0 Å². The minimum Gasteiger partial charge on any atom is -0.562 e.